The molecular formula is C42H50N8O7S2. The number of H-pyrrole nitrogens is 2. The van der Waals surface area contributed by atoms with Crippen LogP contribution in [0, 0.1) is 11.8 Å². The second-order valence-corrected chi connectivity index (χ2v) is 18.2. The van der Waals surface area contributed by atoms with Crippen LogP contribution in [0.1, 0.15) is 86.3 Å². The number of rotatable bonds is 11. The van der Waals surface area contributed by atoms with Gasteiger partial charge in [0.05, 0.1) is 50.2 Å². The average Bonchev–Trinajstić information content (AvgIpc) is 4.10. The molecule has 4 aliphatic rings. The third-order valence-electron chi connectivity index (χ3n) is 11.5. The number of hydrogen-bond donors (Lipinski definition) is 4. The molecule has 0 saturated carbocycles. The monoisotopic (exact) mass is 842 g/mol. The SMILES string of the molecule is COC(=O)N[C@H](C(=O)N1CCS[C@H]1c1ncc(-c2ccc(-c3ccc(-c4cnc([C@@H]5SCCN5C(=O)[C@@H](NC(=O)OC)C(C)C)[nH]4)c4c3C3CCC4O3)cc2)[nH]1)C(C)C. The molecule has 2 aromatic carbocycles. The van der Waals surface area contributed by atoms with E-state index in [2.05, 4.69) is 57.0 Å². The Balaban J connectivity index is 1.01. The molecule has 6 atom stereocenters. The number of aromatic nitrogens is 4. The van der Waals surface area contributed by atoms with E-state index in [1.54, 1.807) is 39.5 Å². The van der Waals surface area contributed by atoms with Gasteiger partial charge in [0, 0.05) is 30.2 Å². The molecule has 4 aliphatic heterocycles. The standard InChI is InChI=1S/C42H50N8O7S2/c1-21(2)33(47-41(53)55-5)37(51)49-15-17-58-39(49)35-43-19-27(45-35)24-9-7-23(8-10-24)25-11-12-26(32-30-14-13-29(57-30)31(25)32)28-20-44-36(46-28)40-50(16-18-59-40)38(52)34(22(3)4)48-42(54)56-6/h7-12,19-22,29-30,33-34,39-40H,13-18H2,1-6H3,(H,43,45)(H,44,46)(H,47,53)(H,48,54)/t29?,30?,33-,34-,39-,40-/m0/s1. The lowest BCUT2D eigenvalue weighted by molar-refractivity contribution is -0.135. The van der Waals surface area contributed by atoms with Gasteiger partial charge in [-0.2, -0.15) is 0 Å². The Kier molecular flexibility index (Phi) is 11.7. The number of amides is 4. The topological polar surface area (TPSA) is 184 Å². The number of nitrogens with one attached hydrogen (secondary N) is 4. The largest absolute Gasteiger partial charge is 0.453 e. The number of benzene rings is 2. The zero-order valence-electron chi connectivity index (χ0n) is 33.9. The van der Waals surface area contributed by atoms with E-state index in [0.717, 1.165) is 58.0 Å². The van der Waals surface area contributed by atoms with Crippen molar-refractivity contribution in [3.63, 3.8) is 0 Å². The maximum Gasteiger partial charge on any atom is 0.407 e. The van der Waals surface area contributed by atoms with Gasteiger partial charge in [0.2, 0.25) is 11.8 Å². The first-order valence-corrected chi connectivity index (χ1v) is 22.1. The fourth-order valence-electron chi connectivity index (χ4n) is 8.52. The number of carbonyl (C=O) groups excluding carboxylic acids is 4. The van der Waals surface area contributed by atoms with Gasteiger partial charge in [-0.3, -0.25) is 9.59 Å². The fraction of sp³-hybridized carbons (Fsp3) is 0.476. The maximum atomic E-state index is 13.7. The zero-order chi connectivity index (χ0) is 41.5. The van der Waals surface area contributed by atoms with Gasteiger partial charge in [-0.15, -0.1) is 23.5 Å². The summed E-state index contributed by atoms with van der Waals surface area (Å²) in [6.07, 6.45) is 4.28. The van der Waals surface area contributed by atoms with E-state index >= 15 is 0 Å². The number of carbonyl (C=O) groups is 4. The summed E-state index contributed by atoms with van der Waals surface area (Å²) >= 11 is 3.29. The maximum absolute atomic E-state index is 13.7. The van der Waals surface area contributed by atoms with Gasteiger partial charge in [0.25, 0.3) is 0 Å². The number of ether oxygens (including phenoxy) is 3. The molecule has 8 rings (SSSR count). The van der Waals surface area contributed by atoms with Crippen LogP contribution in [-0.4, -0.2) is 105 Å². The summed E-state index contributed by atoms with van der Waals surface area (Å²) in [5, 5.41) is 4.80. The summed E-state index contributed by atoms with van der Waals surface area (Å²) in [4.78, 5) is 71.5. The van der Waals surface area contributed by atoms with Gasteiger partial charge in [0.1, 0.15) is 34.5 Å². The third-order valence-corrected chi connectivity index (χ3v) is 14.0. The van der Waals surface area contributed by atoms with E-state index in [9.17, 15) is 19.2 Å². The number of alkyl carbamates (subject to hydrolysis) is 2. The number of fused-ring (bicyclic) bond motifs is 5. The van der Waals surface area contributed by atoms with Crippen LogP contribution >= 0.6 is 23.5 Å². The Hall–Kier alpha value is -5.00. The quantitative estimate of drug-likeness (QED) is 0.123. The van der Waals surface area contributed by atoms with Crippen molar-refractivity contribution < 1.29 is 33.4 Å². The second kappa shape index (κ2) is 16.9. The van der Waals surface area contributed by atoms with Crippen LogP contribution in [0.15, 0.2) is 48.8 Å². The molecule has 2 aromatic heterocycles. The lowest BCUT2D eigenvalue weighted by atomic mass is 9.82. The highest BCUT2D eigenvalue weighted by atomic mass is 32.2. The Bertz CT molecular complexity index is 2230. The molecule has 15 nitrogen and oxygen atoms in total. The molecule has 0 radical (unpaired) electrons. The first-order chi connectivity index (χ1) is 28.5. The number of imidazole rings is 2. The molecule has 17 heteroatoms. The van der Waals surface area contributed by atoms with Gasteiger partial charge >= 0.3 is 12.2 Å². The molecule has 0 spiro atoms. The highest BCUT2D eigenvalue weighted by molar-refractivity contribution is 8.00. The summed E-state index contributed by atoms with van der Waals surface area (Å²) in [5.74, 6) is 2.32. The lowest BCUT2D eigenvalue weighted by Crippen LogP contribution is -2.51. The number of methoxy groups -OCH3 is 2. The van der Waals surface area contributed by atoms with Gasteiger partial charge < -0.3 is 44.6 Å². The Morgan fingerprint density at radius 3 is 1.66 bits per heavy atom. The molecular weight excluding hydrogens is 793 g/mol. The molecule has 4 amide bonds. The summed E-state index contributed by atoms with van der Waals surface area (Å²) in [6, 6.07) is 11.3. The van der Waals surface area contributed by atoms with Crippen LogP contribution in [0.25, 0.3) is 33.6 Å². The van der Waals surface area contributed by atoms with Crippen molar-refractivity contribution in [2.75, 3.05) is 38.8 Å². The van der Waals surface area contributed by atoms with Crippen molar-refractivity contribution in [3.05, 3.63) is 71.6 Å². The third kappa shape index (κ3) is 7.79. The average molecular weight is 843 g/mol. The fourth-order valence-corrected chi connectivity index (χ4v) is 10.9. The van der Waals surface area contributed by atoms with E-state index in [-0.39, 0.29) is 46.6 Å². The van der Waals surface area contributed by atoms with Gasteiger partial charge in [-0.05, 0) is 52.5 Å². The molecule has 4 N–H and O–H groups in total. The molecule has 3 fully saturated rings. The number of hydrogen-bond acceptors (Lipinski definition) is 11. The molecule has 312 valence electrons. The molecule has 59 heavy (non-hydrogen) atoms. The number of thioether (sulfide) groups is 2. The van der Waals surface area contributed by atoms with Crippen molar-refractivity contribution in [2.24, 2.45) is 11.8 Å². The highest BCUT2D eigenvalue weighted by Gasteiger charge is 2.43. The summed E-state index contributed by atoms with van der Waals surface area (Å²) in [7, 11) is 2.58. The molecule has 0 aliphatic carbocycles. The summed E-state index contributed by atoms with van der Waals surface area (Å²) in [6.45, 7) is 8.70. The van der Waals surface area contributed by atoms with Crippen LogP contribution < -0.4 is 10.6 Å². The number of nitrogens with zero attached hydrogens (tertiary/aromatic N) is 4. The van der Waals surface area contributed by atoms with Gasteiger partial charge in [-0.25, -0.2) is 19.6 Å². The van der Waals surface area contributed by atoms with Crippen LogP contribution in [0.5, 0.6) is 0 Å². The molecule has 6 heterocycles. The van der Waals surface area contributed by atoms with Crippen LogP contribution in [-0.2, 0) is 23.8 Å². The zero-order valence-corrected chi connectivity index (χ0v) is 35.6. The smallest absolute Gasteiger partial charge is 0.407 e. The van der Waals surface area contributed by atoms with E-state index in [0.29, 0.717) is 24.7 Å². The normalized spacial score (nSPS) is 21.8. The van der Waals surface area contributed by atoms with Crippen LogP contribution in [0.4, 0.5) is 9.59 Å². The van der Waals surface area contributed by atoms with E-state index < -0.39 is 24.3 Å². The molecule has 2 unspecified atom stereocenters. The Labute approximate surface area is 351 Å². The minimum Gasteiger partial charge on any atom is -0.453 e. The van der Waals surface area contributed by atoms with E-state index in [4.69, 9.17) is 24.2 Å². The predicted molar refractivity (Wildman–Crippen MR) is 225 cm³/mol. The predicted octanol–water partition coefficient (Wildman–Crippen LogP) is 6.95. The van der Waals surface area contributed by atoms with Crippen molar-refractivity contribution in [1.29, 1.82) is 0 Å². The molecule has 4 aromatic rings. The molecule has 3 saturated heterocycles. The summed E-state index contributed by atoms with van der Waals surface area (Å²) in [5.41, 5.74) is 8.32. The van der Waals surface area contributed by atoms with Crippen molar-refractivity contribution in [3.8, 4) is 33.6 Å². The van der Waals surface area contributed by atoms with Gasteiger partial charge in [0.15, 0.2) is 0 Å². The van der Waals surface area contributed by atoms with Crippen LogP contribution in [0.2, 0.25) is 0 Å². The number of aromatic amines is 2. The lowest BCUT2D eigenvalue weighted by Gasteiger charge is -2.29. The van der Waals surface area contributed by atoms with E-state index in [1.807, 2.05) is 33.9 Å². The van der Waals surface area contributed by atoms with Crippen molar-refractivity contribution in [1.82, 2.24) is 40.4 Å². The summed E-state index contributed by atoms with van der Waals surface area (Å²) < 4.78 is 16.1. The van der Waals surface area contributed by atoms with Gasteiger partial charge in [-0.1, -0.05) is 64.1 Å². The second-order valence-electron chi connectivity index (χ2n) is 15.8. The first kappa shape index (κ1) is 40.8. The first-order valence-electron chi connectivity index (χ1n) is 20.0. The van der Waals surface area contributed by atoms with Crippen LogP contribution in [0.3, 0.4) is 0 Å². The highest BCUT2D eigenvalue weighted by Crippen LogP contribution is 2.56. The Morgan fingerprint density at radius 2 is 1.15 bits per heavy atom. The molecule has 2 bridgehead atoms. The Morgan fingerprint density at radius 1 is 0.695 bits per heavy atom. The van der Waals surface area contributed by atoms with E-state index in [1.165, 1.54) is 25.3 Å². The minimum atomic E-state index is -0.714. The minimum absolute atomic E-state index is 0.00337. The van der Waals surface area contributed by atoms with Crippen molar-refractivity contribution in [2.45, 2.75) is 75.6 Å². The van der Waals surface area contributed by atoms with Crippen molar-refractivity contribution >= 4 is 47.5 Å².